The van der Waals surface area contributed by atoms with E-state index < -0.39 is 0 Å². The number of pyridine rings is 1. The van der Waals surface area contributed by atoms with Crippen LogP contribution in [-0.4, -0.2) is 36.0 Å². The van der Waals surface area contributed by atoms with E-state index in [0.29, 0.717) is 17.9 Å². The van der Waals surface area contributed by atoms with Crippen LogP contribution in [0.1, 0.15) is 51.6 Å². The number of hydrogen-bond acceptors (Lipinski definition) is 3. The summed E-state index contributed by atoms with van der Waals surface area (Å²) in [6.07, 6.45) is 2.69. The summed E-state index contributed by atoms with van der Waals surface area (Å²) in [4.78, 5) is 19.8. The minimum atomic E-state index is -0.224. The number of halogens is 1. The highest BCUT2D eigenvalue weighted by Gasteiger charge is 2.27. The number of benzene rings is 2. The first-order valence-electron chi connectivity index (χ1n) is 10.7. The van der Waals surface area contributed by atoms with Crippen LogP contribution >= 0.6 is 0 Å². The summed E-state index contributed by atoms with van der Waals surface area (Å²) in [5, 5.41) is 0. The van der Waals surface area contributed by atoms with E-state index in [9.17, 15) is 9.18 Å². The summed E-state index contributed by atoms with van der Waals surface area (Å²) in [6.45, 7) is 3.41. The van der Waals surface area contributed by atoms with Gasteiger partial charge >= 0.3 is 0 Å². The number of aryl methyl sites for hydroxylation is 1. The fourth-order valence-electron chi connectivity index (χ4n) is 4.26. The van der Waals surface area contributed by atoms with Crippen LogP contribution in [0.3, 0.4) is 0 Å². The summed E-state index contributed by atoms with van der Waals surface area (Å²) in [7, 11) is 1.60. The summed E-state index contributed by atoms with van der Waals surface area (Å²) < 4.78 is 18.5. The number of hydrogen-bond donors (Lipinski definition) is 0. The molecule has 1 aromatic heterocycles. The Hall–Kier alpha value is -3.21. The fraction of sp³-hybridized carbons (Fsp3) is 0.308. The molecular formula is C26H27FN2O2. The van der Waals surface area contributed by atoms with Crippen LogP contribution in [0.5, 0.6) is 5.75 Å². The number of aromatic nitrogens is 1. The van der Waals surface area contributed by atoms with Gasteiger partial charge in [0, 0.05) is 36.0 Å². The van der Waals surface area contributed by atoms with Crippen molar-refractivity contribution in [1.29, 1.82) is 0 Å². The highest BCUT2D eigenvalue weighted by atomic mass is 19.1. The molecule has 1 aliphatic rings. The predicted molar refractivity (Wildman–Crippen MR) is 119 cm³/mol. The van der Waals surface area contributed by atoms with Crippen LogP contribution in [0.4, 0.5) is 4.39 Å². The topological polar surface area (TPSA) is 42.4 Å². The molecule has 0 bridgehead atoms. The van der Waals surface area contributed by atoms with E-state index in [4.69, 9.17) is 9.72 Å². The van der Waals surface area contributed by atoms with Gasteiger partial charge in [-0.2, -0.15) is 0 Å². The maximum Gasteiger partial charge on any atom is 0.254 e. The van der Waals surface area contributed by atoms with Crippen molar-refractivity contribution in [3.05, 3.63) is 94.6 Å². The molecule has 2 aromatic carbocycles. The molecule has 5 heteroatoms. The van der Waals surface area contributed by atoms with E-state index in [-0.39, 0.29) is 17.6 Å². The molecule has 0 N–H and O–H groups in total. The third-order valence-corrected chi connectivity index (χ3v) is 5.80. The smallest absolute Gasteiger partial charge is 0.254 e. The van der Waals surface area contributed by atoms with Gasteiger partial charge in [-0.15, -0.1) is 0 Å². The predicted octanol–water partition coefficient (Wildman–Crippen LogP) is 5.15. The van der Waals surface area contributed by atoms with E-state index in [2.05, 4.69) is 12.1 Å². The Bertz CT molecular complexity index is 1070. The van der Waals surface area contributed by atoms with E-state index in [0.717, 1.165) is 48.3 Å². The van der Waals surface area contributed by atoms with Crippen molar-refractivity contribution in [2.45, 2.75) is 32.1 Å². The molecule has 1 fully saturated rings. The molecule has 1 amide bonds. The molecule has 1 atom stereocenters. The number of likely N-dealkylation sites (tertiary alicyclic amines) is 1. The average Bonchev–Trinajstić information content (AvgIpc) is 2.80. The minimum absolute atomic E-state index is 0.0304. The average molecular weight is 419 g/mol. The summed E-state index contributed by atoms with van der Waals surface area (Å²) in [6, 6.07) is 18.2. The Balaban J connectivity index is 1.51. The van der Waals surface area contributed by atoms with Gasteiger partial charge in [0.25, 0.3) is 5.91 Å². The first-order valence-corrected chi connectivity index (χ1v) is 10.7. The lowest BCUT2D eigenvalue weighted by molar-refractivity contribution is 0.0705. The molecule has 2 heterocycles. The Labute approximate surface area is 182 Å². The Morgan fingerprint density at radius 3 is 2.71 bits per heavy atom. The molecule has 160 valence electrons. The Kier molecular flexibility index (Phi) is 6.31. The maximum atomic E-state index is 13.2. The van der Waals surface area contributed by atoms with Gasteiger partial charge in [0.1, 0.15) is 11.6 Å². The second kappa shape index (κ2) is 9.29. The lowest BCUT2D eigenvalue weighted by atomic mass is 9.92. The third-order valence-electron chi connectivity index (χ3n) is 5.80. The minimum Gasteiger partial charge on any atom is -0.497 e. The zero-order chi connectivity index (χ0) is 21.8. The zero-order valence-electron chi connectivity index (χ0n) is 18.0. The van der Waals surface area contributed by atoms with Gasteiger partial charge in [-0.25, -0.2) is 4.39 Å². The highest BCUT2D eigenvalue weighted by Crippen LogP contribution is 2.28. The molecule has 4 rings (SSSR count). The molecule has 1 saturated heterocycles. The van der Waals surface area contributed by atoms with Crippen molar-refractivity contribution < 1.29 is 13.9 Å². The molecule has 1 unspecified atom stereocenters. The van der Waals surface area contributed by atoms with Crippen LogP contribution < -0.4 is 4.74 Å². The van der Waals surface area contributed by atoms with E-state index in [1.807, 2.05) is 42.2 Å². The molecule has 0 saturated carbocycles. The van der Waals surface area contributed by atoms with Crippen LogP contribution in [0, 0.1) is 12.7 Å². The molecule has 4 nitrogen and oxygen atoms in total. The molecule has 3 aromatic rings. The highest BCUT2D eigenvalue weighted by molar-refractivity contribution is 5.94. The molecule has 0 aliphatic carbocycles. The Morgan fingerprint density at radius 2 is 1.94 bits per heavy atom. The molecule has 0 radical (unpaired) electrons. The second-order valence-corrected chi connectivity index (χ2v) is 8.17. The molecule has 1 aliphatic heterocycles. The van der Waals surface area contributed by atoms with Crippen molar-refractivity contribution in [2.75, 3.05) is 20.2 Å². The van der Waals surface area contributed by atoms with Crippen LogP contribution in [0.15, 0.2) is 60.7 Å². The third kappa shape index (κ3) is 5.10. The Morgan fingerprint density at radius 1 is 1.13 bits per heavy atom. The molecular weight excluding hydrogens is 391 g/mol. The maximum absolute atomic E-state index is 13.2. The van der Waals surface area contributed by atoms with Crippen molar-refractivity contribution in [2.24, 2.45) is 0 Å². The van der Waals surface area contributed by atoms with Crippen molar-refractivity contribution in [3.63, 3.8) is 0 Å². The lowest BCUT2D eigenvalue weighted by Crippen LogP contribution is -2.39. The summed E-state index contributed by atoms with van der Waals surface area (Å²) in [5.41, 5.74) is 4.86. The quantitative estimate of drug-likeness (QED) is 0.576. The van der Waals surface area contributed by atoms with Gasteiger partial charge < -0.3 is 9.64 Å². The number of carbonyl (C=O) groups is 1. The van der Waals surface area contributed by atoms with Gasteiger partial charge in [-0.1, -0.05) is 18.2 Å². The fourth-order valence-corrected chi connectivity index (χ4v) is 4.26. The number of amides is 1. The van der Waals surface area contributed by atoms with Crippen molar-refractivity contribution in [3.8, 4) is 5.75 Å². The number of piperidine rings is 1. The number of nitrogens with zero attached hydrogens (tertiary/aromatic N) is 2. The SMILES string of the molecule is COc1cccc(C(=O)N2CCCC(c3cc(Cc4ccc(F)cc4)cc(C)n3)C2)c1. The number of methoxy groups -OCH3 is 1. The summed E-state index contributed by atoms with van der Waals surface area (Å²) >= 11 is 0. The lowest BCUT2D eigenvalue weighted by Gasteiger charge is -2.33. The van der Waals surface area contributed by atoms with Gasteiger partial charge in [0.05, 0.1) is 7.11 Å². The largest absolute Gasteiger partial charge is 0.497 e. The van der Waals surface area contributed by atoms with E-state index >= 15 is 0 Å². The second-order valence-electron chi connectivity index (χ2n) is 8.17. The molecule has 31 heavy (non-hydrogen) atoms. The van der Waals surface area contributed by atoms with Gasteiger partial charge in [0.2, 0.25) is 0 Å². The summed E-state index contributed by atoms with van der Waals surface area (Å²) in [5.74, 6) is 0.696. The van der Waals surface area contributed by atoms with Gasteiger partial charge in [-0.05, 0) is 79.8 Å². The number of ether oxygens (including phenoxy) is 1. The van der Waals surface area contributed by atoms with Crippen LogP contribution in [0.2, 0.25) is 0 Å². The zero-order valence-corrected chi connectivity index (χ0v) is 18.0. The normalized spacial score (nSPS) is 16.2. The first-order chi connectivity index (χ1) is 15.0. The van der Waals surface area contributed by atoms with Crippen molar-refractivity contribution >= 4 is 5.91 Å². The van der Waals surface area contributed by atoms with E-state index in [1.165, 1.54) is 12.1 Å². The first kappa shape index (κ1) is 21.0. The van der Waals surface area contributed by atoms with Crippen LogP contribution in [-0.2, 0) is 6.42 Å². The molecule has 0 spiro atoms. The van der Waals surface area contributed by atoms with Gasteiger partial charge in [0.15, 0.2) is 0 Å². The number of rotatable bonds is 5. The number of carbonyl (C=O) groups excluding carboxylic acids is 1. The van der Waals surface area contributed by atoms with E-state index in [1.54, 1.807) is 13.2 Å². The monoisotopic (exact) mass is 418 g/mol. The van der Waals surface area contributed by atoms with Gasteiger partial charge in [-0.3, -0.25) is 9.78 Å². The standard InChI is InChI=1S/C26H27FN2O2/c1-18-13-20(14-19-8-10-23(27)11-9-19)15-25(28-18)22-6-4-12-29(17-22)26(30)21-5-3-7-24(16-21)31-2/h3,5,7-11,13,15-16,22H,4,6,12,14,17H2,1-2H3. The van der Waals surface area contributed by atoms with Crippen molar-refractivity contribution in [1.82, 2.24) is 9.88 Å². The van der Waals surface area contributed by atoms with Crippen LogP contribution in [0.25, 0.3) is 0 Å².